The Bertz CT molecular complexity index is 501. The van der Waals surface area contributed by atoms with Gasteiger partial charge < -0.3 is 11.1 Å². The van der Waals surface area contributed by atoms with E-state index in [4.69, 9.17) is 5.73 Å². The number of rotatable bonds is 6. The van der Waals surface area contributed by atoms with Crippen LogP contribution in [0.2, 0.25) is 0 Å². The molecule has 1 saturated heterocycles. The van der Waals surface area contributed by atoms with Gasteiger partial charge in [0.15, 0.2) is 5.96 Å². The largest absolute Gasteiger partial charge is 0.370 e. The van der Waals surface area contributed by atoms with Gasteiger partial charge in [-0.25, -0.2) is 4.99 Å². The molecule has 0 aromatic heterocycles. The van der Waals surface area contributed by atoms with E-state index in [0.29, 0.717) is 18.5 Å². The molecule has 1 aromatic carbocycles. The molecule has 2 atom stereocenters. The van der Waals surface area contributed by atoms with Crippen LogP contribution in [0.1, 0.15) is 51.2 Å². The molecule has 5 heteroatoms. The number of guanidine groups is 1. The molecule has 0 spiro atoms. The van der Waals surface area contributed by atoms with Gasteiger partial charge in [0, 0.05) is 19.1 Å². The number of halogens is 1. The van der Waals surface area contributed by atoms with Gasteiger partial charge in [-0.15, -0.1) is 24.0 Å². The molecule has 1 aliphatic heterocycles. The number of nitrogens with zero attached hydrogens (tertiary/aromatic N) is 2. The first-order chi connectivity index (χ1) is 11.1. The van der Waals surface area contributed by atoms with Crippen molar-refractivity contribution in [1.29, 1.82) is 0 Å². The zero-order valence-electron chi connectivity index (χ0n) is 15.3. The van der Waals surface area contributed by atoms with Crippen molar-refractivity contribution >= 4 is 29.9 Å². The Kier molecular flexibility index (Phi) is 9.66. The number of nitrogens with two attached hydrogens (primary N) is 1. The van der Waals surface area contributed by atoms with E-state index in [2.05, 4.69) is 60.2 Å². The van der Waals surface area contributed by atoms with E-state index in [1.165, 1.54) is 37.1 Å². The summed E-state index contributed by atoms with van der Waals surface area (Å²) >= 11 is 0. The Hall–Kier alpha value is -0.820. The summed E-state index contributed by atoms with van der Waals surface area (Å²) in [5, 5.41) is 3.19. The van der Waals surface area contributed by atoms with Crippen LogP contribution >= 0.6 is 24.0 Å². The van der Waals surface area contributed by atoms with E-state index < -0.39 is 0 Å². The van der Waals surface area contributed by atoms with Crippen molar-refractivity contribution in [2.24, 2.45) is 16.6 Å². The highest BCUT2D eigenvalue weighted by molar-refractivity contribution is 14.0. The number of nitrogens with one attached hydrogen (secondary N) is 1. The fraction of sp³-hybridized carbons (Fsp3) is 0.632. The molecule has 1 aromatic rings. The van der Waals surface area contributed by atoms with Crippen LogP contribution in [0.5, 0.6) is 0 Å². The summed E-state index contributed by atoms with van der Waals surface area (Å²) in [4.78, 5) is 6.98. The first-order valence-corrected chi connectivity index (χ1v) is 8.93. The van der Waals surface area contributed by atoms with Gasteiger partial charge in [0.05, 0.1) is 6.54 Å². The highest BCUT2D eigenvalue weighted by atomic mass is 127. The van der Waals surface area contributed by atoms with Crippen LogP contribution in [-0.2, 0) is 13.1 Å². The second-order valence-electron chi connectivity index (χ2n) is 6.95. The molecule has 1 fully saturated rings. The van der Waals surface area contributed by atoms with Crippen LogP contribution in [0.25, 0.3) is 0 Å². The quantitative estimate of drug-likeness (QED) is 0.399. The summed E-state index contributed by atoms with van der Waals surface area (Å²) in [5.41, 5.74) is 8.49. The third-order valence-electron chi connectivity index (χ3n) is 4.61. The molecule has 2 rings (SSSR count). The predicted molar refractivity (Wildman–Crippen MR) is 114 cm³/mol. The van der Waals surface area contributed by atoms with Gasteiger partial charge in [-0.1, -0.05) is 38.1 Å². The van der Waals surface area contributed by atoms with E-state index >= 15 is 0 Å². The molecule has 0 radical (unpaired) electrons. The summed E-state index contributed by atoms with van der Waals surface area (Å²) in [6.45, 7) is 10.7. The molecular weight excluding hydrogens is 411 g/mol. The smallest absolute Gasteiger partial charge is 0.189 e. The Morgan fingerprint density at radius 3 is 2.62 bits per heavy atom. The molecule has 4 nitrogen and oxygen atoms in total. The second-order valence-corrected chi connectivity index (χ2v) is 6.95. The van der Waals surface area contributed by atoms with Crippen molar-refractivity contribution in [2.45, 2.75) is 59.2 Å². The van der Waals surface area contributed by atoms with Crippen LogP contribution in [0.4, 0.5) is 0 Å². The van der Waals surface area contributed by atoms with Crippen LogP contribution in [0.15, 0.2) is 29.3 Å². The average molecular weight is 444 g/mol. The Morgan fingerprint density at radius 2 is 2.00 bits per heavy atom. The Labute approximate surface area is 164 Å². The molecule has 136 valence electrons. The van der Waals surface area contributed by atoms with Gasteiger partial charge in [0.1, 0.15) is 0 Å². The van der Waals surface area contributed by atoms with Crippen LogP contribution in [-0.4, -0.2) is 30.0 Å². The monoisotopic (exact) mass is 444 g/mol. The first-order valence-electron chi connectivity index (χ1n) is 8.93. The molecule has 1 heterocycles. The molecule has 3 N–H and O–H groups in total. The van der Waals surface area contributed by atoms with E-state index in [-0.39, 0.29) is 24.0 Å². The summed E-state index contributed by atoms with van der Waals surface area (Å²) in [6.07, 6.45) is 3.75. The lowest BCUT2D eigenvalue weighted by Gasteiger charge is -2.30. The van der Waals surface area contributed by atoms with Crippen molar-refractivity contribution in [3.8, 4) is 0 Å². The maximum atomic E-state index is 5.90. The van der Waals surface area contributed by atoms with Crippen LogP contribution in [0, 0.1) is 5.92 Å². The minimum absolute atomic E-state index is 0. The summed E-state index contributed by atoms with van der Waals surface area (Å²) in [7, 11) is 0. The lowest BCUT2D eigenvalue weighted by molar-refractivity contribution is 0.176. The number of benzene rings is 1. The first kappa shape index (κ1) is 21.2. The summed E-state index contributed by atoms with van der Waals surface area (Å²) in [6, 6.07) is 9.16. The van der Waals surface area contributed by atoms with Crippen molar-refractivity contribution in [1.82, 2.24) is 10.2 Å². The minimum atomic E-state index is 0. The standard InChI is InChI=1S/C19H32N4.HI/c1-4-16(3)22-19(20)21-12-17-7-9-18(10-8-17)14-23-11-5-6-15(2)13-23;/h7-10,15-16H,4-6,11-14H2,1-3H3,(H3,20,21,22);1H. The minimum Gasteiger partial charge on any atom is -0.370 e. The maximum absolute atomic E-state index is 5.90. The fourth-order valence-corrected chi connectivity index (χ4v) is 3.02. The SMILES string of the molecule is CCC(C)NC(N)=NCc1ccc(CN2CCCC(C)C2)cc1.I. The van der Waals surface area contributed by atoms with Gasteiger partial charge in [-0.05, 0) is 49.8 Å². The molecule has 0 bridgehead atoms. The van der Waals surface area contributed by atoms with Crippen molar-refractivity contribution in [2.75, 3.05) is 13.1 Å². The third kappa shape index (κ3) is 7.38. The normalized spacial score (nSPS) is 20.3. The number of hydrogen-bond donors (Lipinski definition) is 2. The number of likely N-dealkylation sites (tertiary alicyclic amines) is 1. The van der Waals surface area contributed by atoms with Crippen molar-refractivity contribution in [3.05, 3.63) is 35.4 Å². The van der Waals surface area contributed by atoms with E-state index in [0.717, 1.165) is 18.9 Å². The lowest BCUT2D eigenvalue weighted by atomic mass is 9.99. The van der Waals surface area contributed by atoms with Crippen LogP contribution < -0.4 is 11.1 Å². The molecule has 0 amide bonds. The third-order valence-corrected chi connectivity index (χ3v) is 4.61. The Morgan fingerprint density at radius 1 is 1.33 bits per heavy atom. The van der Waals surface area contributed by atoms with E-state index in [1.807, 2.05) is 0 Å². The van der Waals surface area contributed by atoms with Gasteiger partial charge >= 0.3 is 0 Å². The molecule has 0 aliphatic carbocycles. The maximum Gasteiger partial charge on any atom is 0.189 e. The van der Waals surface area contributed by atoms with E-state index in [9.17, 15) is 0 Å². The number of hydrogen-bond acceptors (Lipinski definition) is 2. The van der Waals surface area contributed by atoms with Gasteiger partial charge in [0.25, 0.3) is 0 Å². The highest BCUT2D eigenvalue weighted by Gasteiger charge is 2.15. The molecular formula is C19H33IN4. The summed E-state index contributed by atoms with van der Waals surface area (Å²) < 4.78 is 0. The fourth-order valence-electron chi connectivity index (χ4n) is 3.02. The molecule has 0 saturated carbocycles. The van der Waals surface area contributed by atoms with Gasteiger partial charge in [-0.2, -0.15) is 0 Å². The average Bonchev–Trinajstić information content (AvgIpc) is 2.54. The number of aliphatic imine (C=N–C) groups is 1. The zero-order valence-corrected chi connectivity index (χ0v) is 17.6. The Balaban J connectivity index is 0.00000288. The molecule has 2 unspecified atom stereocenters. The predicted octanol–water partition coefficient (Wildman–Crippen LogP) is 3.74. The second kappa shape index (κ2) is 10.9. The highest BCUT2D eigenvalue weighted by Crippen LogP contribution is 2.18. The van der Waals surface area contributed by atoms with Gasteiger partial charge in [-0.3, -0.25) is 4.90 Å². The van der Waals surface area contributed by atoms with Crippen LogP contribution in [0.3, 0.4) is 0 Å². The lowest BCUT2D eigenvalue weighted by Crippen LogP contribution is -2.38. The molecule has 24 heavy (non-hydrogen) atoms. The summed E-state index contributed by atoms with van der Waals surface area (Å²) in [5.74, 6) is 1.36. The number of piperidine rings is 1. The topological polar surface area (TPSA) is 53.6 Å². The van der Waals surface area contributed by atoms with E-state index in [1.54, 1.807) is 0 Å². The van der Waals surface area contributed by atoms with Gasteiger partial charge in [0.2, 0.25) is 0 Å². The van der Waals surface area contributed by atoms with Crippen molar-refractivity contribution in [3.63, 3.8) is 0 Å². The molecule has 1 aliphatic rings. The zero-order chi connectivity index (χ0) is 16.7. The van der Waals surface area contributed by atoms with Crippen molar-refractivity contribution < 1.29 is 0 Å².